The molecule has 1 aliphatic carbocycles. The van der Waals surface area contributed by atoms with Gasteiger partial charge in [0.1, 0.15) is 19.2 Å². The monoisotopic (exact) mass is 322 g/mol. The Kier molecular flexibility index (Phi) is 3.13. The Balaban J connectivity index is 1.51. The maximum atomic E-state index is 13.2. The number of fused-ring (bicyclic) bond motifs is 3. The van der Waals surface area contributed by atoms with E-state index in [1.807, 2.05) is 6.07 Å². The van der Waals surface area contributed by atoms with E-state index in [9.17, 15) is 9.90 Å². The highest BCUT2D eigenvalue weighted by molar-refractivity contribution is 6.10. The van der Waals surface area contributed by atoms with Gasteiger partial charge in [-0.3, -0.25) is 4.79 Å². The second kappa shape index (κ2) is 5.14. The number of Topliss-reactive ketones (excluding diaryl/α,β-unsaturated/α-hetero) is 1. The number of hydrogen-bond donors (Lipinski definition) is 1. The quantitative estimate of drug-likeness (QED) is 0.697. The van der Waals surface area contributed by atoms with Crippen LogP contribution in [0.4, 0.5) is 0 Å². The van der Waals surface area contributed by atoms with Crippen molar-refractivity contribution in [3.05, 3.63) is 47.0 Å². The number of piperidine rings is 3. The number of aliphatic hydroxyl groups is 1. The fourth-order valence-electron chi connectivity index (χ4n) is 5.35. The van der Waals surface area contributed by atoms with Crippen molar-refractivity contribution in [2.24, 2.45) is 5.92 Å². The van der Waals surface area contributed by atoms with Crippen LogP contribution in [-0.2, 0) is 12.8 Å². The average molecular weight is 322 g/mol. The van der Waals surface area contributed by atoms with Crippen molar-refractivity contribution in [3.8, 4) is 0 Å². The van der Waals surface area contributed by atoms with Gasteiger partial charge < -0.3 is 9.59 Å². The van der Waals surface area contributed by atoms with E-state index in [0.29, 0.717) is 12.5 Å². The molecule has 4 aliphatic rings. The number of hydrogen-bond acceptors (Lipinski definition) is 2. The number of ketones is 1. The second-order valence-corrected chi connectivity index (χ2v) is 8.07. The second-order valence-electron chi connectivity index (χ2n) is 8.07. The summed E-state index contributed by atoms with van der Waals surface area (Å²) in [6.07, 6.45) is 4.11. The van der Waals surface area contributed by atoms with Gasteiger partial charge in [-0.05, 0) is 34.7 Å². The zero-order valence-electron chi connectivity index (χ0n) is 14.0. The number of benzene rings is 2. The summed E-state index contributed by atoms with van der Waals surface area (Å²) >= 11 is 0. The lowest BCUT2D eigenvalue weighted by atomic mass is 9.83. The molecule has 24 heavy (non-hydrogen) atoms. The minimum Gasteiger partial charge on any atom is -0.387 e. The number of rotatable bonds is 3. The van der Waals surface area contributed by atoms with E-state index in [1.165, 1.54) is 16.5 Å². The molecule has 1 unspecified atom stereocenters. The first-order valence-corrected chi connectivity index (χ1v) is 9.25. The highest BCUT2D eigenvalue weighted by Gasteiger charge is 2.46. The molecule has 0 spiro atoms. The smallest absolute Gasteiger partial charge is 0.217 e. The molecule has 3 heterocycles. The van der Waals surface area contributed by atoms with Crippen LogP contribution < -0.4 is 0 Å². The Labute approximate surface area is 142 Å². The van der Waals surface area contributed by atoms with E-state index in [2.05, 4.69) is 24.3 Å². The first kappa shape index (κ1) is 14.6. The van der Waals surface area contributed by atoms with Gasteiger partial charge in [0.2, 0.25) is 5.78 Å². The lowest BCUT2D eigenvalue weighted by molar-refractivity contribution is -0.938. The molecule has 3 heteroatoms. The predicted octanol–water partition coefficient (Wildman–Crippen LogP) is 2.72. The van der Waals surface area contributed by atoms with Gasteiger partial charge >= 0.3 is 0 Å². The predicted molar refractivity (Wildman–Crippen MR) is 94.1 cm³/mol. The lowest BCUT2D eigenvalue weighted by Crippen LogP contribution is -2.65. The van der Waals surface area contributed by atoms with Gasteiger partial charge in [-0.15, -0.1) is 0 Å². The number of aliphatic hydroxyl groups excluding tert-OH is 1. The van der Waals surface area contributed by atoms with Gasteiger partial charge in [0.05, 0.1) is 13.1 Å². The van der Waals surface area contributed by atoms with Crippen molar-refractivity contribution in [1.82, 2.24) is 0 Å². The van der Waals surface area contributed by atoms with Crippen LogP contribution in [0.2, 0.25) is 0 Å². The van der Waals surface area contributed by atoms with Crippen molar-refractivity contribution >= 4 is 16.6 Å². The van der Waals surface area contributed by atoms with Gasteiger partial charge in [-0.1, -0.05) is 30.3 Å². The topological polar surface area (TPSA) is 37.3 Å². The zero-order valence-corrected chi connectivity index (χ0v) is 14.0. The number of carbonyl (C=O) groups is 1. The van der Waals surface area contributed by atoms with Crippen LogP contribution >= 0.6 is 0 Å². The fourth-order valence-corrected chi connectivity index (χ4v) is 5.35. The van der Waals surface area contributed by atoms with Crippen molar-refractivity contribution in [1.29, 1.82) is 0 Å². The Bertz CT molecular complexity index is 823. The molecular formula is C21H24NO2+. The zero-order chi connectivity index (χ0) is 16.3. The number of nitrogens with zero attached hydrogens (tertiary/aromatic N) is 1. The van der Waals surface area contributed by atoms with E-state index < -0.39 is 0 Å². The summed E-state index contributed by atoms with van der Waals surface area (Å²) in [7, 11) is 0. The highest BCUT2D eigenvalue weighted by atomic mass is 16.3. The van der Waals surface area contributed by atoms with Gasteiger partial charge in [0.15, 0.2) is 0 Å². The van der Waals surface area contributed by atoms with Crippen LogP contribution in [-0.4, -0.2) is 47.7 Å². The summed E-state index contributed by atoms with van der Waals surface area (Å²) in [5.74, 6) is 0.718. The molecular weight excluding hydrogens is 298 g/mol. The van der Waals surface area contributed by atoms with Crippen molar-refractivity contribution < 1.29 is 14.4 Å². The van der Waals surface area contributed by atoms with Crippen LogP contribution in [0, 0.1) is 5.92 Å². The third-order valence-corrected chi connectivity index (χ3v) is 6.72. The van der Waals surface area contributed by atoms with E-state index >= 15 is 0 Å². The number of quaternary nitrogens is 1. The molecule has 0 aromatic heterocycles. The molecule has 0 amide bonds. The summed E-state index contributed by atoms with van der Waals surface area (Å²) in [6, 6.07) is 10.6. The molecule has 3 saturated heterocycles. The molecule has 1 N–H and O–H groups in total. The third kappa shape index (κ3) is 2.08. The van der Waals surface area contributed by atoms with Crippen LogP contribution in [0.15, 0.2) is 30.3 Å². The SMILES string of the molecule is O=C(C[N+]12CCC(CC1)C(O)C2)c1ccc2c3c(cccc13)CC2. The van der Waals surface area contributed by atoms with Crippen molar-refractivity contribution in [2.75, 3.05) is 26.2 Å². The lowest BCUT2D eigenvalue weighted by Gasteiger charge is -2.50. The molecule has 0 saturated carbocycles. The number of carbonyl (C=O) groups excluding carboxylic acids is 1. The van der Waals surface area contributed by atoms with Crippen LogP contribution in [0.3, 0.4) is 0 Å². The summed E-state index contributed by atoms with van der Waals surface area (Å²) in [5.41, 5.74) is 3.66. The molecule has 2 aromatic rings. The minimum absolute atomic E-state index is 0.215. The van der Waals surface area contributed by atoms with Gasteiger partial charge in [0, 0.05) is 24.3 Å². The summed E-state index contributed by atoms with van der Waals surface area (Å²) in [5, 5.41) is 12.7. The highest BCUT2D eigenvalue weighted by Crippen LogP contribution is 2.36. The summed E-state index contributed by atoms with van der Waals surface area (Å²) in [4.78, 5) is 13.2. The van der Waals surface area contributed by atoms with Crippen LogP contribution in [0.25, 0.3) is 10.8 Å². The average Bonchev–Trinajstić information content (AvgIpc) is 3.01. The summed E-state index contributed by atoms with van der Waals surface area (Å²) < 4.78 is 0.791. The first-order valence-electron chi connectivity index (χ1n) is 9.25. The Morgan fingerprint density at radius 1 is 1.08 bits per heavy atom. The van der Waals surface area contributed by atoms with E-state index in [1.54, 1.807) is 0 Å². The maximum absolute atomic E-state index is 13.2. The van der Waals surface area contributed by atoms with Crippen LogP contribution in [0.5, 0.6) is 0 Å². The van der Waals surface area contributed by atoms with E-state index in [-0.39, 0.29) is 11.9 Å². The molecule has 3 nitrogen and oxygen atoms in total. The fraction of sp³-hybridized carbons (Fsp3) is 0.476. The molecule has 1 atom stereocenters. The maximum Gasteiger partial charge on any atom is 0.217 e. The van der Waals surface area contributed by atoms with Crippen molar-refractivity contribution in [2.45, 2.75) is 31.8 Å². The molecule has 3 aliphatic heterocycles. The van der Waals surface area contributed by atoms with Gasteiger partial charge in [-0.2, -0.15) is 0 Å². The van der Waals surface area contributed by atoms with E-state index in [4.69, 9.17) is 0 Å². The van der Waals surface area contributed by atoms with Gasteiger partial charge in [0.25, 0.3) is 0 Å². The first-order chi connectivity index (χ1) is 11.7. The third-order valence-electron chi connectivity index (χ3n) is 6.72. The number of aryl methyl sites for hydroxylation is 2. The molecule has 0 radical (unpaired) electrons. The molecule has 124 valence electrons. The van der Waals surface area contributed by atoms with Crippen molar-refractivity contribution in [3.63, 3.8) is 0 Å². The normalized spacial score (nSPS) is 30.9. The van der Waals surface area contributed by atoms with Gasteiger partial charge in [-0.25, -0.2) is 0 Å². The molecule has 6 rings (SSSR count). The largest absolute Gasteiger partial charge is 0.387 e. The standard InChI is InChI=1S/C21H24NO2/c23-19-12-22(10-8-14(19)9-11-22)13-20(24)17-7-6-16-5-4-15-2-1-3-18(17)21(15)16/h1-3,6-7,14,19,23H,4-5,8-13H2/q+1. The summed E-state index contributed by atoms with van der Waals surface area (Å²) in [6.45, 7) is 3.41. The molecule has 2 aromatic carbocycles. The Hall–Kier alpha value is -1.71. The van der Waals surface area contributed by atoms with Crippen LogP contribution in [0.1, 0.15) is 34.3 Å². The Morgan fingerprint density at radius 3 is 2.58 bits per heavy atom. The minimum atomic E-state index is -0.215. The van der Waals surface area contributed by atoms with E-state index in [0.717, 1.165) is 60.8 Å². The molecule has 2 bridgehead atoms. The Morgan fingerprint density at radius 2 is 1.83 bits per heavy atom. The molecule has 3 fully saturated rings.